The van der Waals surface area contributed by atoms with Gasteiger partial charge in [0.1, 0.15) is 0 Å². The molecule has 110 valence electrons. The van der Waals surface area contributed by atoms with Gasteiger partial charge in [-0.05, 0) is 49.5 Å². The number of epoxide rings is 1. The van der Waals surface area contributed by atoms with Crippen LogP contribution in [-0.2, 0) is 11.3 Å². The van der Waals surface area contributed by atoms with Gasteiger partial charge in [0, 0.05) is 24.7 Å². The van der Waals surface area contributed by atoms with Crippen molar-refractivity contribution in [3.8, 4) is 0 Å². The number of hydrogen-bond donors (Lipinski definition) is 1. The summed E-state index contributed by atoms with van der Waals surface area (Å²) in [5.74, 6) is 0.773. The van der Waals surface area contributed by atoms with Gasteiger partial charge in [-0.3, -0.25) is 4.90 Å². The second kappa shape index (κ2) is 6.90. The third-order valence-electron chi connectivity index (χ3n) is 4.13. The molecule has 2 fully saturated rings. The van der Waals surface area contributed by atoms with E-state index in [9.17, 15) is 0 Å². The number of nitrogens with zero attached hydrogens (tertiary/aromatic N) is 1. The van der Waals surface area contributed by atoms with Crippen molar-refractivity contribution in [1.82, 2.24) is 10.2 Å². The van der Waals surface area contributed by atoms with Gasteiger partial charge in [0.2, 0.25) is 0 Å². The normalized spacial score (nSPS) is 26.6. The van der Waals surface area contributed by atoms with Gasteiger partial charge in [-0.15, -0.1) is 0 Å². The van der Waals surface area contributed by atoms with Gasteiger partial charge in [0.15, 0.2) is 0 Å². The monoisotopic (exact) mass is 294 g/mol. The number of nitrogens with one attached hydrogen (secondary N) is 1. The van der Waals surface area contributed by atoms with Crippen molar-refractivity contribution in [2.24, 2.45) is 5.92 Å². The molecular formula is C16H23ClN2O. The lowest BCUT2D eigenvalue weighted by molar-refractivity contribution is 0.165. The Balaban J connectivity index is 1.43. The smallest absolute Gasteiger partial charge is 0.0933 e. The van der Waals surface area contributed by atoms with Crippen LogP contribution in [0.4, 0.5) is 0 Å². The van der Waals surface area contributed by atoms with Crippen LogP contribution in [0.3, 0.4) is 0 Å². The third-order valence-corrected chi connectivity index (χ3v) is 4.38. The maximum Gasteiger partial charge on any atom is 0.0933 e. The summed E-state index contributed by atoms with van der Waals surface area (Å²) in [6.45, 7) is 6.54. The Morgan fingerprint density at radius 1 is 1.25 bits per heavy atom. The Morgan fingerprint density at radius 3 is 2.80 bits per heavy atom. The molecule has 2 unspecified atom stereocenters. The van der Waals surface area contributed by atoms with Crippen molar-refractivity contribution in [3.63, 3.8) is 0 Å². The van der Waals surface area contributed by atoms with Crippen molar-refractivity contribution in [2.75, 3.05) is 32.8 Å². The zero-order valence-electron chi connectivity index (χ0n) is 11.9. The van der Waals surface area contributed by atoms with Gasteiger partial charge >= 0.3 is 0 Å². The van der Waals surface area contributed by atoms with E-state index >= 15 is 0 Å². The van der Waals surface area contributed by atoms with E-state index in [1.807, 2.05) is 12.1 Å². The van der Waals surface area contributed by atoms with E-state index in [2.05, 4.69) is 22.3 Å². The number of hydrogen-bond acceptors (Lipinski definition) is 3. The molecule has 0 radical (unpaired) electrons. The second-order valence-electron chi connectivity index (χ2n) is 5.98. The molecule has 20 heavy (non-hydrogen) atoms. The quantitative estimate of drug-likeness (QED) is 0.817. The third kappa shape index (κ3) is 4.45. The molecular weight excluding hydrogens is 272 g/mol. The van der Waals surface area contributed by atoms with Crippen LogP contribution in [0.1, 0.15) is 18.4 Å². The number of ether oxygens (including phenoxy) is 1. The van der Waals surface area contributed by atoms with Crippen LogP contribution in [0.5, 0.6) is 0 Å². The predicted molar refractivity (Wildman–Crippen MR) is 82.1 cm³/mol. The number of halogens is 1. The predicted octanol–water partition coefficient (Wildman–Crippen LogP) is 2.54. The summed E-state index contributed by atoms with van der Waals surface area (Å²) in [5, 5.41) is 4.36. The Kier molecular flexibility index (Phi) is 4.94. The maximum absolute atomic E-state index is 5.93. The van der Waals surface area contributed by atoms with Crippen LogP contribution in [0.15, 0.2) is 24.3 Å². The summed E-state index contributed by atoms with van der Waals surface area (Å²) in [6, 6.07) is 8.23. The molecule has 1 N–H and O–H groups in total. The van der Waals surface area contributed by atoms with Crippen LogP contribution < -0.4 is 5.32 Å². The summed E-state index contributed by atoms with van der Waals surface area (Å²) in [5.41, 5.74) is 1.36. The maximum atomic E-state index is 5.93. The lowest BCUT2D eigenvalue weighted by Crippen LogP contribution is -2.39. The summed E-state index contributed by atoms with van der Waals surface area (Å²) >= 11 is 5.93. The van der Waals surface area contributed by atoms with Crippen LogP contribution in [0.25, 0.3) is 0 Å². The number of likely N-dealkylation sites (tertiary alicyclic amines) is 1. The first-order valence-electron chi connectivity index (χ1n) is 7.59. The Hall–Kier alpha value is -0.610. The van der Waals surface area contributed by atoms with Crippen molar-refractivity contribution in [3.05, 3.63) is 34.9 Å². The molecule has 2 saturated heterocycles. The van der Waals surface area contributed by atoms with E-state index in [0.717, 1.165) is 37.2 Å². The van der Waals surface area contributed by atoms with Gasteiger partial charge in [-0.1, -0.05) is 23.7 Å². The molecule has 0 aliphatic carbocycles. The average Bonchev–Trinajstić information content (AvgIpc) is 3.26. The Labute approximate surface area is 126 Å². The van der Waals surface area contributed by atoms with Crippen LogP contribution in [0.2, 0.25) is 5.02 Å². The molecule has 1 aromatic carbocycles. The molecule has 1 aromatic rings. The molecule has 3 nitrogen and oxygen atoms in total. The highest BCUT2D eigenvalue weighted by Gasteiger charge is 2.23. The van der Waals surface area contributed by atoms with E-state index in [1.54, 1.807) is 0 Å². The fourth-order valence-corrected chi connectivity index (χ4v) is 3.07. The lowest BCUT2D eigenvalue weighted by atomic mass is 9.97. The lowest BCUT2D eigenvalue weighted by Gasteiger charge is -2.33. The first-order chi connectivity index (χ1) is 9.79. The molecule has 0 amide bonds. The van der Waals surface area contributed by atoms with Crippen LogP contribution in [-0.4, -0.2) is 43.8 Å². The number of piperidine rings is 1. The summed E-state index contributed by atoms with van der Waals surface area (Å²) < 4.78 is 5.22. The Morgan fingerprint density at radius 2 is 2.05 bits per heavy atom. The highest BCUT2D eigenvalue weighted by atomic mass is 35.5. The molecule has 2 heterocycles. The molecule has 2 aliphatic heterocycles. The largest absolute Gasteiger partial charge is 0.372 e. The minimum Gasteiger partial charge on any atom is -0.372 e. The minimum absolute atomic E-state index is 0.490. The van der Waals surface area contributed by atoms with Crippen molar-refractivity contribution in [1.29, 1.82) is 0 Å². The minimum atomic E-state index is 0.490. The van der Waals surface area contributed by atoms with E-state index in [-0.39, 0.29) is 0 Å². The van der Waals surface area contributed by atoms with Crippen molar-refractivity contribution >= 4 is 11.6 Å². The molecule has 2 atom stereocenters. The SMILES string of the molecule is Clc1ccc(CN2CCCC(CNCC3CO3)C2)cc1. The van der Waals surface area contributed by atoms with Crippen LogP contribution >= 0.6 is 11.6 Å². The van der Waals surface area contributed by atoms with E-state index in [1.165, 1.54) is 31.5 Å². The summed E-state index contributed by atoms with van der Waals surface area (Å²) in [4.78, 5) is 2.56. The zero-order chi connectivity index (χ0) is 13.8. The number of rotatable bonds is 6. The van der Waals surface area contributed by atoms with Crippen molar-refractivity contribution < 1.29 is 4.74 Å². The van der Waals surface area contributed by atoms with Crippen LogP contribution in [0, 0.1) is 5.92 Å². The molecule has 0 bridgehead atoms. The molecule has 0 saturated carbocycles. The molecule has 4 heteroatoms. The Bertz CT molecular complexity index is 419. The highest BCUT2D eigenvalue weighted by molar-refractivity contribution is 6.30. The zero-order valence-corrected chi connectivity index (χ0v) is 12.6. The highest BCUT2D eigenvalue weighted by Crippen LogP contribution is 2.19. The molecule has 3 rings (SSSR count). The van der Waals surface area contributed by atoms with Gasteiger partial charge in [0.05, 0.1) is 12.7 Å². The molecule has 2 aliphatic rings. The molecule has 0 aromatic heterocycles. The summed E-state index contributed by atoms with van der Waals surface area (Å²) in [6.07, 6.45) is 3.14. The first kappa shape index (κ1) is 14.3. The van der Waals surface area contributed by atoms with Crippen molar-refractivity contribution in [2.45, 2.75) is 25.5 Å². The standard InChI is InChI=1S/C16H23ClN2O/c17-15-5-3-13(4-6-15)10-19-7-1-2-14(11-19)8-18-9-16-12-20-16/h3-6,14,16,18H,1-2,7-12H2. The van der Waals surface area contributed by atoms with Gasteiger partial charge < -0.3 is 10.1 Å². The fraction of sp³-hybridized carbons (Fsp3) is 0.625. The second-order valence-corrected chi connectivity index (χ2v) is 6.42. The van der Waals surface area contributed by atoms with Gasteiger partial charge in [-0.2, -0.15) is 0 Å². The fourth-order valence-electron chi connectivity index (χ4n) is 2.94. The first-order valence-corrected chi connectivity index (χ1v) is 7.96. The number of benzene rings is 1. The summed E-state index contributed by atoms with van der Waals surface area (Å²) in [7, 11) is 0. The van der Waals surface area contributed by atoms with E-state index in [0.29, 0.717) is 6.10 Å². The van der Waals surface area contributed by atoms with Gasteiger partial charge in [-0.25, -0.2) is 0 Å². The molecule has 0 spiro atoms. The van der Waals surface area contributed by atoms with Gasteiger partial charge in [0.25, 0.3) is 0 Å². The topological polar surface area (TPSA) is 27.8 Å². The van der Waals surface area contributed by atoms with E-state index in [4.69, 9.17) is 16.3 Å². The van der Waals surface area contributed by atoms with E-state index < -0.39 is 0 Å². The average molecular weight is 295 g/mol.